The average Bonchev–Trinajstić information content (AvgIpc) is 3.82. The first-order valence-electron chi connectivity index (χ1n) is 18.7. The minimum atomic E-state index is 0.887. The number of hydrogen-bond donors (Lipinski definition) is 0. The zero-order valence-electron chi connectivity index (χ0n) is 29.8. The van der Waals surface area contributed by atoms with Gasteiger partial charge in [0.15, 0.2) is 0 Å². The van der Waals surface area contributed by atoms with E-state index in [0.29, 0.717) is 0 Å². The van der Waals surface area contributed by atoms with Crippen LogP contribution in [0.15, 0.2) is 205 Å². The van der Waals surface area contributed by atoms with Gasteiger partial charge in [-0.2, -0.15) is 0 Å². The number of nitrogens with zero attached hydrogens (tertiary/aromatic N) is 1. The van der Waals surface area contributed by atoms with E-state index in [-0.39, 0.29) is 0 Å². The quantitative estimate of drug-likeness (QED) is 0.170. The summed E-state index contributed by atoms with van der Waals surface area (Å²) in [5.41, 5.74) is 12.1. The maximum atomic E-state index is 6.37. The molecule has 0 aliphatic heterocycles. The minimum Gasteiger partial charge on any atom is -0.456 e. The second-order valence-electron chi connectivity index (χ2n) is 14.1. The number of fused-ring (bicyclic) bond motifs is 7. The second kappa shape index (κ2) is 12.9. The van der Waals surface area contributed by atoms with Crippen LogP contribution in [0.4, 0.5) is 17.1 Å². The van der Waals surface area contributed by atoms with Crippen LogP contribution in [0, 0.1) is 0 Å². The summed E-state index contributed by atoms with van der Waals surface area (Å²) in [5.74, 6) is 0. The molecule has 0 unspecified atom stereocenters. The van der Waals surface area contributed by atoms with Gasteiger partial charge in [0.25, 0.3) is 0 Å². The molecule has 2 nitrogen and oxygen atoms in total. The fourth-order valence-electron chi connectivity index (χ4n) is 8.32. The van der Waals surface area contributed by atoms with Crippen molar-refractivity contribution in [2.45, 2.75) is 0 Å². The molecule has 11 rings (SSSR count). The van der Waals surface area contributed by atoms with Crippen LogP contribution in [0.25, 0.3) is 86.3 Å². The highest BCUT2D eigenvalue weighted by Gasteiger charge is 2.21. The van der Waals surface area contributed by atoms with E-state index in [0.717, 1.165) is 50.1 Å². The van der Waals surface area contributed by atoms with Gasteiger partial charge in [0.05, 0.1) is 5.69 Å². The van der Waals surface area contributed by atoms with E-state index in [9.17, 15) is 0 Å². The van der Waals surface area contributed by atoms with Gasteiger partial charge in [-0.15, -0.1) is 11.3 Å². The van der Waals surface area contributed by atoms with Gasteiger partial charge in [0.2, 0.25) is 0 Å². The SMILES string of the molecule is c1cc(-c2ccc3c(c2)sc2ccccc23)cc(N(c2ccc(-c3cccc4ccccc34)cc2)c2ccccc2-c2cccc3oc4ccccc4c23)c1. The van der Waals surface area contributed by atoms with E-state index in [1.807, 2.05) is 17.4 Å². The molecule has 0 N–H and O–H groups in total. The molecule has 2 aromatic heterocycles. The van der Waals surface area contributed by atoms with Gasteiger partial charge in [0.1, 0.15) is 11.2 Å². The highest BCUT2D eigenvalue weighted by Crippen LogP contribution is 2.46. The Morgan fingerprint density at radius 1 is 0.364 bits per heavy atom. The summed E-state index contributed by atoms with van der Waals surface area (Å²) in [6.45, 7) is 0. The normalized spacial score (nSPS) is 11.6. The van der Waals surface area contributed by atoms with E-state index in [2.05, 4.69) is 199 Å². The monoisotopic (exact) mass is 719 g/mol. The molecule has 0 saturated heterocycles. The van der Waals surface area contributed by atoms with E-state index >= 15 is 0 Å². The summed E-state index contributed by atoms with van der Waals surface area (Å²) in [4.78, 5) is 2.41. The van der Waals surface area contributed by atoms with E-state index < -0.39 is 0 Å². The van der Waals surface area contributed by atoms with Crippen LogP contribution >= 0.6 is 11.3 Å². The van der Waals surface area contributed by atoms with E-state index in [1.54, 1.807) is 0 Å². The summed E-state index contributed by atoms with van der Waals surface area (Å²) in [6, 6.07) is 72.3. The van der Waals surface area contributed by atoms with Crippen LogP contribution in [0.1, 0.15) is 0 Å². The molecule has 0 saturated carbocycles. The highest BCUT2D eigenvalue weighted by atomic mass is 32.1. The summed E-state index contributed by atoms with van der Waals surface area (Å²) in [5, 5.41) is 7.37. The molecule has 0 amide bonds. The Labute approximate surface area is 322 Å². The number of para-hydroxylation sites is 2. The van der Waals surface area contributed by atoms with Crippen LogP contribution in [-0.4, -0.2) is 0 Å². The lowest BCUT2D eigenvalue weighted by Gasteiger charge is -2.28. The Morgan fingerprint density at radius 3 is 1.93 bits per heavy atom. The zero-order chi connectivity index (χ0) is 36.3. The molecule has 11 aromatic rings. The van der Waals surface area contributed by atoms with Crippen LogP contribution in [-0.2, 0) is 0 Å². The molecule has 0 atom stereocenters. The molecule has 258 valence electrons. The van der Waals surface area contributed by atoms with Crippen molar-refractivity contribution in [2.24, 2.45) is 0 Å². The summed E-state index contributed by atoms with van der Waals surface area (Å²) < 4.78 is 8.99. The Bertz CT molecular complexity index is 3220. The molecule has 0 spiro atoms. The molecule has 0 aliphatic carbocycles. The molecular formula is C52H33NOS. The van der Waals surface area contributed by atoms with Gasteiger partial charge in [-0.05, 0) is 93.2 Å². The third-order valence-corrected chi connectivity index (χ3v) is 12.0. The van der Waals surface area contributed by atoms with Crippen molar-refractivity contribution in [1.82, 2.24) is 0 Å². The van der Waals surface area contributed by atoms with Gasteiger partial charge >= 0.3 is 0 Å². The third-order valence-electron chi connectivity index (χ3n) is 10.9. The lowest BCUT2D eigenvalue weighted by molar-refractivity contribution is 0.669. The minimum absolute atomic E-state index is 0.887. The second-order valence-corrected chi connectivity index (χ2v) is 15.1. The zero-order valence-corrected chi connectivity index (χ0v) is 30.6. The number of rotatable bonds is 6. The van der Waals surface area contributed by atoms with Crippen LogP contribution in [0.2, 0.25) is 0 Å². The Balaban J connectivity index is 1.10. The molecule has 55 heavy (non-hydrogen) atoms. The summed E-state index contributed by atoms with van der Waals surface area (Å²) in [7, 11) is 0. The Kier molecular flexibility index (Phi) is 7.39. The van der Waals surface area contributed by atoms with E-state index in [4.69, 9.17) is 4.42 Å². The van der Waals surface area contributed by atoms with Crippen molar-refractivity contribution in [3.05, 3.63) is 200 Å². The highest BCUT2D eigenvalue weighted by molar-refractivity contribution is 7.25. The molecule has 2 heterocycles. The van der Waals surface area contributed by atoms with Crippen molar-refractivity contribution < 1.29 is 4.42 Å². The standard InChI is InChI=1S/C52H33NOS/c1-2-16-40-34(12-1)13-10-20-41(40)35-26-29-38(30-27-35)53(39-15-9-14-36(32-39)37-28-31-44-43-18-5-8-25-50(43)55-51(44)33-37)47-22-6-3-17-42(47)45-21-11-24-49-52(45)46-19-4-7-23-48(46)54-49/h1-33H. The molecular weight excluding hydrogens is 687 g/mol. The lowest BCUT2D eigenvalue weighted by atomic mass is 9.96. The van der Waals surface area contributed by atoms with Crippen molar-refractivity contribution >= 4 is 81.3 Å². The van der Waals surface area contributed by atoms with Gasteiger partial charge in [-0.1, -0.05) is 146 Å². The maximum Gasteiger partial charge on any atom is 0.136 e. The summed E-state index contributed by atoms with van der Waals surface area (Å²) in [6.07, 6.45) is 0. The number of benzene rings is 9. The molecule has 9 aromatic carbocycles. The number of thiophene rings is 1. The predicted molar refractivity (Wildman–Crippen MR) is 235 cm³/mol. The van der Waals surface area contributed by atoms with E-state index in [1.165, 1.54) is 53.2 Å². The smallest absolute Gasteiger partial charge is 0.136 e. The van der Waals surface area contributed by atoms with Crippen molar-refractivity contribution in [3.63, 3.8) is 0 Å². The van der Waals surface area contributed by atoms with Gasteiger partial charge < -0.3 is 9.32 Å². The van der Waals surface area contributed by atoms with Crippen LogP contribution in [0.5, 0.6) is 0 Å². The van der Waals surface area contributed by atoms with Crippen molar-refractivity contribution in [2.75, 3.05) is 4.90 Å². The maximum absolute atomic E-state index is 6.37. The van der Waals surface area contributed by atoms with Gasteiger partial charge in [0, 0.05) is 47.9 Å². The topological polar surface area (TPSA) is 16.4 Å². The molecule has 0 fully saturated rings. The third kappa shape index (κ3) is 5.32. The Hall–Kier alpha value is -6.94. The molecule has 0 aliphatic rings. The van der Waals surface area contributed by atoms with Crippen LogP contribution in [0.3, 0.4) is 0 Å². The Morgan fingerprint density at radius 2 is 1.00 bits per heavy atom. The molecule has 0 bridgehead atoms. The van der Waals surface area contributed by atoms with Gasteiger partial charge in [-0.25, -0.2) is 0 Å². The fraction of sp³-hybridized carbons (Fsp3) is 0. The molecule has 3 heteroatoms. The van der Waals surface area contributed by atoms with Crippen LogP contribution < -0.4 is 4.90 Å². The van der Waals surface area contributed by atoms with Crippen molar-refractivity contribution in [1.29, 1.82) is 0 Å². The predicted octanol–water partition coefficient (Wildman–Crippen LogP) is 15.6. The fourth-order valence-corrected chi connectivity index (χ4v) is 9.47. The number of furan rings is 1. The first-order valence-corrected chi connectivity index (χ1v) is 19.5. The van der Waals surface area contributed by atoms with Crippen molar-refractivity contribution in [3.8, 4) is 33.4 Å². The molecule has 0 radical (unpaired) electrons. The summed E-state index contributed by atoms with van der Waals surface area (Å²) >= 11 is 1.86. The number of anilines is 3. The van der Waals surface area contributed by atoms with Gasteiger partial charge in [-0.3, -0.25) is 0 Å². The first-order chi connectivity index (χ1) is 27.3. The largest absolute Gasteiger partial charge is 0.456 e. The number of hydrogen-bond acceptors (Lipinski definition) is 3. The lowest BCUT2D eigenvalue weighted by Crippen LogP contribution is -2.11. The first kappa shape index (κ1) is 31.6. The average molecular weight is 720 g/mol.